The molecular formula is C15H17N3O2. The van der Waals surface area contributed by atoms with Crippen LogP contribution in [-0.4, -0.2) is 10.5 Å². The van der Waals surface area contributed by atoms with Gasteiger partial charge >= 0.3 is 0 Å². The normalized spacial score (nSPS) is 10.3. The Morgan fingerprint density at radius 3 is 2.70 bits per heavy atom. The van der Waals surface area contributed by atoms with Gasteiger partial charge < -0.3 is 15.6 Å². The predicted molar refractivity (Wildman–Crippen MR) is 79.9 cm³/mol. The van der Waals surface area contributed by atoms with E-state index in [0.29, 0.717) is 23.5 Å². The number of nitrogen functional groups attached to an aromatic ring is 1. The average molecular weight is 271 g/mol. The van der Waals surface area contributed by atoms with Crippen molar-refractivity contribution in [3.63, 3.8) is 0 Å². The van der Waals surface area contributed by atoms with Crippen LogP contribution in [0.25, 0.3) is 0 Å². The summed E-state index contributed by atoms with van der Waals surface area (Å²) in [6.45, 7) is 4.31. The maximum atomic E-state index is 12.1. The molecule has 0 aliphatic rings. The Morgan fingerprint density at radius 2 is 2.05 bits per heavy atom. The van der Waals surface area contributed by atoms with Crippen LogP contribution in [0, 0.1) is 6.92 Å². The van der Waals surface area contributed by atoms with Gasteiger partial charge in [0.05, 0.1) is 5.69 Å². The fourth-order valence-corrected chi connectivity index (χ4v) is 1.84. The van der Waals surface area contributed by atoms with Gasteiger partial charge in [0, 0.05) is 30.1 Å². The van der Waals surface area contributed by atoms with E-state index in [1.807, 2.05) is 13.8 Å². The van der Waals surface area contributed by atoms with E-state index < -0.39 is 0 Å². The highest BCUT2D eigenvalue weighted by atomic mass is 16.1. The lowest BCUT2D eigenvalue weighted by molar-refractivity contribution is 0.102. The Bertz CT molecular complexity index is 705. The summed E-state index contributed by atoms with van der Waals surface area (Å²) in [6, 6.07) is 8.18. The van der Waals surface area contributed by atoms with Gasteiger partial charge in [0.2, 0.25) is 0 Å². The number of hydrogen-bond acceptors (Lipinski definition) is 3. The van der Waals surface area contributed by atoms with E-state index >= 15 is 0 Å². The van der Waals surface area contributed by atoms with Crippen molar-refractivity contribution in [1.29, 1.82) is 0 Å². The van der Waals surface area contributed by atoms with Crippen molar-refractivity contribution < 1.29 is 4.79 Å². The maximum absolute atomic E-state index is 12.1. The van der Waals surface area contributed by atoms with Gasteiger partial charge in [-0.3, -0.25) is 9.59 Å². The number of hydrogen-bond donors (Lipinski definition) is 2. The molecule has 0 radical (unpaired) electrons. The second-order valence-corrected chi connectivity index (χ2v) is 4.57. The number of nitrogens with one attached hydrogen (secondary N) is 1. The number of rotatable bonds is 3. The zero-order valence-electron chi connectivity index (χ0n) is 11.5. The van der Waals surface area contributed by atoms with E-state index in [1.54, 1.807) is 30.5 Å². The quantitative estimate of drug-likeness (QED) is 0.838. The largest absolute Gasteiger partial charge is 0.398 e. The van der Waals surface area contributed by atoms with E-state index in [2.05, 4.69) is 5.32 Å². The third kappa shape index (κ3) is 2.88. The molecule has 0 atom stereocenters. The summed E-state index contributed by atoms with van der Waals surface area (Å²) < 4.78 is 1.53. The Hall–Kier alpha value is -2.56. The van der Waals surface area contributed by atoms with Crippen LogP contribution in [0.3, 0.4) is 0 Å². The van der Waals surface area contributed by atoms with Crippen molar-refractivity contribution in [2.45, 2.75) is 20.4 Å². The van der Waals surface area contributed by atoms with Gasteiger partial charge in [0.1, 0.15) is 0 Å². The number of aromatic nitrogens is 1. The van der Waals surface area contributed by atoms with Gasteiger partial charge in [-0.05, 0) is 37.6 Å². The summed E-state index contributed by atoms with van der Waals surface area (Å²) in [6.07, 6.45) is 1.62. The number of aryl methyl sites for hydroxylation is 2. The Labute approximate surface area is 117 Å². The van der Waals surface area contributed by atoms with Crippen molar-refractivity contribution in [3.05, 3.63) is 58.0 Å². The van der Waals surface area contributed by atoms with E-state index in [-0.39, 0.29) is 11.5 Å². The number of benzene rings is 1. The molecule has 0 spiro atoms. The standard InChI is InChI=1S/C15H17N3O2/c1-3-18-9-12(6-7-14(18)19)17-15(20)11-5-4-10(2)13(16)8-11/h4-9H,3,16H2,1-2H3,(H,17,20). The summed E-state index contributed by atoms with van der Waals surface area (Å²) in [4.78, 5) is 23.6. The predicted octanol–water partition coefficient (Wildman–Crippen LogP) is 2.01. The van der Waals surface area contributed by atoms with Crippen molar-refractivity contribution >= 4 is 17.3 Å². The molecule has 5 nitrogen and oxygen atoms in total. The number of nitrogens with two attached hydrogens (primary N) is 1. The minimum absolute atomic E-state index is 0.0925. The average Bonchev–Trinajstić information content (AvgIpc) is 2.43. The first-order chi connectivity index (χ1) is 9.51. The molecular weight excluding hydrogens is 254 g/mol. The minimum Gasteiger partial charge on any atom is -0.398 e. The van der Waals surface area contributed by atoms with Gasteiger partial charge in [-0.1, -0.05) is 6.07 Å². The molecule has 1 aromatic carbocycles. The molecule has 1 amide bonds. The molecule has 2 rings (SSSR count). The highest BCUT2D eigenvalue weighted by Gasteiger charge is 2.08. The Kier molecular flexibility index (Phi) is 3.89. The van der Waals surface area contributed by atoms with Crippen molar-refractivity contribution in [2.75, 3.05) is 11.1 Å². The molecule has 104 valence electrons. The molecule has 0 saturated carbocycles. The number of anilines is 2. The van der Waals surface area contributed by atoms with Crippen molar-refractivity contribution in [3.8, 4) is 0 Å². The topological polar surface area (TPSA) is 77.1 Å². The number of carbonyl (C=O) groups is 1. The van der Waals surface area contributed by atoms with Crippen LogP contribution in [0.15, 0.2) is 41.3 Å². The smallest absolute Gasteiger partial charge is 0.255 e. The number of pyridine rings is 1. The lowest BCUT2D eigenvalue weighted by Crippen LogP contribution is -2.19. The first-order valence-electron chi connectivity index (χ1n) is 6.39. The monoisotopic (exact) mass is 271 g/mol. The van der Waals surface area contributed by atoms with Crippen LogP contribution >= 0.6 is 0 Å². The highest BCUT2D eigenvalue weighted by molar-refractivity contribution is 6.04. The number of nitrogens with zero attached hydrogens (tertiary/aromatic N) is 1. The van der Waals surface area contributed by atoms with Crippen LogP contribution in [0.4, 0.5) is 11.4 Å². The highest BCUT2D eigenvalue weighted by Crippen LogP contribution is 2.14. The zero-order chi connectivity index (χ0) is 14.7. The second-order valence-electron chi connectivity index (χ2n) is 4.57. The molecule has 0 unspecified atom stereocenters. The molecule has 5 heteroatoms. The van der Waals surface area contributed by atoms with Gasteiger partial charge in [-0.15, -0.1) is 0 Å². The van der Waals surface area contributed by atoms with Gasteiger partial charge in [-0.25, -0.2) is 0 Å². The third-order valence-electron chi connectivity index (χ3n) is 3.12. The van der Waals surface area contributed by atoms with Crippen molar-refractivity contribution in [2.24, 2.45) is 0 Å². The third-order valence-corrected chi connectivity index (χ3v) is 3.12. The fraction of sp³-hybridized carbons (Fsp3) is 0.200. The lowest BCUT2D eigenvalue weighted by atomic mass is 10.1. The van der Waals surface area contributed by atoms with Crippen LogP contribution in [-0.2, 0) is 6.54 Å². The van der Waals surface area contributed by atoms with Crippen molar-refractivity contribution in [1.82, 2.24) is 4.57 Å². The first kappa shape index (κ1) is 13.9. The summed E-state index contributed by atoms with van der Waals surface area (Å²) in [5, 5.41) is 2.75. The molecule has 0 aliphatic heterocycles. The molecule has 2 aromatic rings. The Balaban J connectivity index is 2.23. The maximum Gasteiger partial charge on any atom is 0.255 e. The lowest BCUT2D eigenvalue weighted by Gasteiger charge is -2.09. The molecule has 0 fully saturated rings. The molecule has 1 heterocycles. The van der Waals surface area contributed by atoms with Crippen LogP contribution in [0.5, 0.6) is 0 Å². The van der Waals surface area contributed by atoms with E-state index in [4.69, 9.17) is 5.73 Å². The SMILES string of the molecule is CCn1cc(NC(=O)c2ccc(C)c(N)c2)ccc1=O. The molecule has 0 saturated heterocycles. The van der Waals surface area contributed by atoms with Gasteiger partial charge in [0.15, 0.2) is 0 Å². The fourth-order valence-electron chi connectivity index (χ4n) is 1.84. The number of amides is 1. The summed E-state index contributed by atoms with van der Waals surface area (Å²) in [5.74, 6) is -0.252. The van der Waals surface area contributed by atoms with E-state index in [0.717, 1.165) is 5.56 Å². The summed E-state index contributed by atoms with van der Waals surface area (Å²) in [5.41, 5.74) is 8.28. The van der Waals surface area contributed by atoms with Gasteiger partial charge in [0.25, 0.3) is 11.5 Å². The van der Waals surface area contributed by atoms with E-state index in [1.165, 1.54) is 10.6 Å². The number of carbonyl (C=O) groups excluding carboxylic acids is 1. The zero-order valence-corrected chi connectivity index (χ0v) is 11.5. The summed E-state index contributed by atoms with van der Waals surface area (Å²) >= 11 is 0. The van der Waals surface area contributed by atoms with Gasteiger partial charge in [-0.2, -0.15) is 0 Å². The molecule has 3 N–H and O–H groups in total. The molecule has 0 bridgehead atoms. The second kappa shape index (κ2) is 5.61. The molecule has 0 aliphatic carbocycles. The first-order valence-corrected chi connectivity index (χ1v) is 6.39. The van der Waals surface area contributed by atoms with Crippen LogP contribution in [0.1, 0.15) is 22.8 Å². The Morgan fingerprint density at radius 1 is 1.30 bits per heavy atom. The molecule has 1 aromatic heterocycles. The molecule has 20 heavy (non-hydrogen) atoms. The van der Waals surface area contributed by atoms with E-state index in [9.17, 15) is 9.59 Å². The van der Waals surface area contributed by atoms with Crippen LogP contribution < -0.4 is 16.6 Å². The minimum atomic E-state index is -0.252. The summed E-state index contributed by atoms with van der Waals surface area (Å²) in [7, 11) is 0. The van der Waals surface area contributed by atoms with Crippen LogP contribution in [0.2, 0.25) is 0 Å².